The quantitative estimate of drug-likeness (QED) is 0.909. The van der Waals surface area contributed by atoms with Crippen molar-refractivity contribution in [2.75, 3.05) is 25.5 Å². The van der Waals surface area contributed by atoms with Crippen LogP contribution < -0.4 is 5.32 Å². The van der Waals surface area contributed by atoms with Gasteiger partial charge >= 0.3 is 0 Å². The van der Waals surface area contributed by atoms with Gasteiger partial charge in [0.1, 0.15) is 5.82 Å². The second kappa shape index (κ2) is 6.75. The lowest BCUT2D eigenvalue weighted by atomic mass is 9.95. The van der Waals surface area contributed by atoms with Gasteiger partial charge in [-0.05, 0) is 57.0 Å². The minimum Gasteiger partial charge on any atom is -0.380 e. The molecule has 4 nitrogen and oxygen atoms in total. The second-order valence-electron chi connectivity index (χ2n) is 6.27. The summed E-state index contributed by atoms with van der Waals surface area (Å²) in [5.41, 5.74) is 1.32. The molecule has 1 aromatic carbocycles. The summed E-state index contributed by atoms with van der Waals surface area (Å²) in [7, 11) is 1.56. The van der Waals surface area contributed by atoms with Crippen LogP contribution in [0.25, 0.3) is 0 Å². The fourth-order valence-electron chi connectivity index (χ4n) is 3.16. The van der Waals surface area contributed by atoms with E-state index in [4.69, 9.17) is 4.74 Å². The van der Waals surface area contributed by atoms with E-state index in [1.807, 2.05) is 0 Å². The van der Waals surface area contributed by atoms with Crippen LogP contribution in [-0.2, 0) is 16.1 Å². The highest BCUT2D eigenvalue weighted by Gasteiger charge is 2.33. The van der Waals surface area contributed by atoms with E-state index in [1.165, 1.54) is 25.0 Å². The third-order valence-electron chi connectivity index (χ3n) is 4.59. The number of anilines is 1. The molecule has 3 rings (SSSR count). The summed E-state index contributed by atoms with van der Waals surface area (Å²) in [6.45, 7) is 2.31. The van der Waals surface area contributed by atoms with Crippen LogP contribution in [0.3, 0.4) is 0 Å². The van der Waals surface area contributed by atoms with Gasteiger partial charge in [0.25, 0.3) is 0 Å². The molecule has 1 heterocycles. The van der Waals surface area contributed by atoms with Crippen molar-refractivity contribution in [2.24, 2.45) is 5.92 Å². The summed E-state index contributed by atoms with van der Waals surface area (Å²) in [5.74, 6) is -0.224. The molecular weight excluding hydrogens is 283 g/mol. The Balaban J connectivity index is 1.59. The Morgan fingerprint density at radius 1 is 1.32 bits per heavy atom. The van der Waals surface area contributed by atoms with Crippen molar-refractivity contribution in [3.8, 4) is 0 Å². The van der Waals surface area contributed by atoms with Gasteiger partial charge in [-0.25, -0.2) is 4.39 Å². The van der Waals surface area contributed by atoms with Crippen molar-refractivity contribution in [3.63, 3.8) is 0 Å². The normalized spacial score (nSPS) is 20.1. The summed E-state index contributed by atoms with van der Waals surface area (Å²) in [5, 5.41) is 2.95. The van der Waals surface area contributed by atoms with Gasteiger partial charge in [-0.15, -0.1) is 0 Å². The maximum atomic E-state index is 13.3. The summed E-state index contributed by atoms with van der Waals surface area (Å²) in [4.78, 5) is 14.9. The van der Waals surface area contributed by atoms with Gasteiger partial charge in [-0.2, -0.15) is 0 Å². The molecule has 1 saturated carbocycles. The van der Waals surface area contributed by atoms with Crippen LogP contribution in [0.15, 0.2) is 18.2 Å². The van der Waals surface area contributed by atoms with Crippen LogP contribution >= 0.6 is 0 Å². The SMILES string of the molecule is COCc1cc(F)ccc1NC(=O)C1CCN(C2CC2)CC1. The predicted octanol–water partition coefficient (Wildman–Crippen LogP) is 2.79. The smallest absolute Gasteiger partial charge is 0.227 e. The zero-order valence-electron chi connectivity index (χ0n) is 13.0. The van der Waals surface area contributed by atoms with E-state index in [2.05, 4.69) is 10.2 Å². The maximum absolute atomic E-state index is 13.3. The number of hydrogen-bond donors (Lipinski definition) is 1. The Morgan fingerprint density at radius 3 is 2.68 bits per heavy atom. The number of carbonyl (C=O) groups excluding carboxylic acids is 1. The number of rotatable bonds is 5. The van der Waals surface area contributed by atoms with E-state index in [-0.39, 0.29) is 24.2 Å². The molecular formula is C17H23FN2O2. The van der Waals surface area contributed by atoms with Gasteiger partial charge in [0.05, 0.1) is 6.61 Å². The minimum absolute atomic E-state index is 0.0411. The topological polar surface area (TPSA) is 41.6 Å². The van der Waals surface area contributed by atoms with Gasteiger partial charge in [-0.3, -0.25) is 4.79 Å². The minimum atomic E-state index is -0.317. The van der Waals surface area contributed by atoms with E-state index in [0.717, 1.165) is 32.0 Å². The average molecular weight is 306 g/mol. The fourth-order valence-corrected chi connectivity index (χ4v) is 3.16. The predicted molar refractivity (Wildman–Crippen MR) is 83.1 cm³/mol. The molecule has 1 aliphatic carbocycles. The number of ether oxygens (including phenoxy) is 1. The zero-order chi connectivity index (χ0) is 15.5. The number of amides is 1. The first-order valence-corrected chi connectivity index (χ1v) is 7.99. The van der Waals surface area contributed by atoms with Crippen molar-refractivity contribution >= 4 is 11.6 Å². The van der Waals surface area contributed by atoms with E-state index >= 15 is 0 Å². The Kier molecular flexibility index (Phi) is 4.74. The van der Waals surface area contributed by atoms with Crippen molar-refractivity contribution in [1.82, 2.24) is 4.90 Å². The third kappa shape index (κ3) is 3.65. The number of benzene rings is 1. The van der Waals surface area contributed by atoms with Crippen LogP contribution in [0.2, 0.25) is 0 Å². The van der Waals surface area contributed by atoms with E-state index in [1.54, 1.807) is 13.2 Å². The molecule has 0 bridgehead atoms. The number of carbonyl (C=O) groups is 1. The van der Waals surface area contributed by atoms with E-state index in [9.17, 15) is 9.18 Å². The van der Waals surface area contributed by atoms with Crippen molar-refractivity contribution in [3.05, 3.63) is 29.6 Å². The summed E-state index contributed by atoms with van der Waals surface area (Å²) in [6.07, 6.45) is 4.44. The standard InChI is InChI=1S/C17H23FN2O2/c1-22-11-13-10-14(18)2-5-16(13)19-17(21)12-6-8-20(9-7-12)15-3-4-15/h2,5,10,12,15H,3-4,6-9,11H2,1H3,(H,19,21). The third-order valence-corrected chi connectivity index (χ3v) is 4.59. The van der Waals surface area contributed by atoms with Crippen LogP contribution in [0.5, 0.6) is 0 Å². The molecule has 0 atom stereocenters. The number of nitrogens with zero attached hydrogens (tertiary/aromatic N) is 1. The molecule has 2 aliphatic rings. The molecule has 1 saturated heterocycles. The molecule has 0 spiro atoms. The molecule has 22 heavy (non-hydrogen) atoms. The average Bonchev–Trinajstić information content (AvgIpc) is 3.35. The molecule has 2 fully saturated rings. The first-order chi connectivity index (χ1) is 10.7. The lowest BCUT2D eigenvalue weighted by Gasteiger charge is -2.31. The molecule has 1 amide bonds. The molecule has 1 N–H and O–H groups in total. The monoisotopic (exact) mass is 306 g/mol. The lowest BCUT2D eigenvalue weighted by molar-refractivity contribution is -0.121. The van der Waals surface area contributed by atoms with Gasteiger partial charge in [-0.1, -0.05) is 0 Å². The van der Waals surface area contributed by atoms with Gasteiger partial charge < -0.3 is 15.0 Å². The van der Waals surface area contributed by atoms with Crippen molar-refractivity contribution in [2.45, 2.75) is 38.3 Å². The van der Waals surface area contributed by atoms with E-state index < -0.39 is 0 Å². The molecule has 120 valence electrons. The molecule has 5 heteroatoms. The number of likely N-dealkylation sites (tertiary alicyclic amines) is 1. The molecule has 0 unspecified atom stereocenters. The number of nitrogens with one attached hydrogen (secondary N) is 1. The van der Waals surface area contributed by atoms with Gasteiger partial charge in [0.15, 0.2) is 0 Å². The number of halogens is 1. The highest BCUT2D eigenvalue weighted by atomic mass is 19.1. The highest BCUT2D eigenvalue weighted by Crippen LogP contribution is 2.31. The first-order valence-electron chi connectivity index (χ1n) is 7.99. The number of piperidine rings is 1. The Morgan fingerprint density at radius 2 is 2.05 bits per heavy atom. The van der Waals surface area contributed by atoms with Crippen LogP contribution in [-0.4, -0.2) is 37.0 Å². The van der Waals surface area contributed by atoms with E-state index in [0.29, 0.717) is 11.3 Å². The molecule has 0 radical (unpaired) electrons. The second-order valence-corrected chi connectivity index (χ2v) is 6.27. The Labute approximate surface area is 130 Å². The summed E-state index contributed by atoms with van der Waals surface area (Å²) in [6, 6.07) is 5.16. The lowest BCUT2D eigenvalue weighted by Crippen LogP contribution is -2.39. The fraction of sp³-hybridized carbons (Fsp3) is 0.588. The Bertz CT molecular complexity index is 537. The van der Waals surface area contributed by atoms with Gasteiger partial charge in [0, 0.05) is 30.3 Å². The number of hydrogen-bond acceptors (Lipinski definition) is 3. The highest BCUT2D eigenvalue weighted by molar-refractivity contribution is 5.93. The largest absolute Gasteiger partial charge is 0.380 e. The van der Waals surface area contributed by atoms with Crippen molar-refractivity contribution in [1.29, 1.82) is 0 Å². The van der Waals surface area contributed by atoms with Crippen molar-refractivity contribution < 1.29 is 13.9 Å². The van der Waals surface area contributed by atoms with Crippen LogP contribution in [0.4, 0.5) is 10.1 Å². The first kappa shape index (κ1) is 15.4. The Hall–Kier alpha value is -1.46. The zero-order valence-corrected chi connectivity index (χ0v) is 13.0. The summed E-state index contributed by atoms with van der Waals surface area (Å²) >= 11 is 0. The molecule has 0 aromatic heterocycles. The maximum Gasteiger partial charge on any atom is 0.227 e. The van der Waals surface area contributed by atoms with Crippen LogP contribution in [0, 0.1) is 11.7 Å². The number of methoxy groups -OCH3 is 1. The molecule has 1 aromatic rings. The summed E-state index contributed by atoms with van der Waals surface area (Å²) < 4.78 is 18.4. The van der Waals surface area contributed by atoms with Crippen LogP contribution in [0.1, 0.15) is 31.2 Å². The molecule has 1 aliphatic heterocycles. The van der Waals surface area contributed by atoms with Gasteiger partial charge in [0.2, 0.25) is 5.91 Å².